The SMILES string of the molecule is COC(=O)c1oc(CN2C(=O)CS/C2=C\C(=O)C(C)(C)C)cc1C. The Hall–Kier alpha value is -2.02. The largest absolute Gasteiger partial charge is 0.463 e. The minimum absolute atomic E-state index is 0.0458. The van der Waals surface area contributed by atoms with Gasteiger partial charge in [0.2, 0.25) is 11.7 Å². The second kappa shape index (κ2) is 6.84. The Kier molecular flexibility index (Phi) is 5.22. The molecule has 2 rings (SSSR count). The normalized spacial score (nSPS) is 16.8. The van der Waals surface area contributed by atoms with Gasteiger partial charge in [0.25, 0.3) is 0 Å². The highest BCUT2D eigenvalue weighted by molar-refractivity contribution is 8.04. The molecule has 0 aliphatic carbocycles. The number of hydrogen-bond donors (Lipinski definition) is 0. The van der Waals surface area contributed by atoms with Crippen molar-refractivity contribution in [2.24, 2.45) is 5.41 Å². The summed E-state index contributed by atoms with van der Waals surface area (Å²) in [7, 11) is 1.28. The molecule has 1 saturated heterocycles. The van der Waals surface area contributed by atoms with Crippen LogP contribution in [0.4, 0.5) is 0 Å². The number of furan rings is 1. The number of nitrogens with zero attached hydrogens (tertiary/aromatic N) is 1. The van der Waals surface area contributed by atoms with Crippen LogP contribution < -0.4 is 0 Å². The molecule has 1 aromatic heterocycles. The fourth-order valence-corrected chi connectivity index (χ4v) is 3.05. The molecular formula is C17H21NO5S. The summed E-state index contributed by atoms with van der Waals surface area (Å²) in [4.78, 5) is 37.4. The highest BCUT2D eigenvalue weighted by Gasteiger charge is 2.30. The summed E-state index contributed by atoms with van der Waals surface area (Å²) in [5.41, 5.74) is 0.136. The van der Waals surface area contributed by atoms with E-state index in [0.717, 1.165) is 0 Å². The molecule has 0 bridgehead atoms. The Labute approximate surface area is 145 Å². The van der Waals surface area contributed by atoms with Crippen LogP contribution >= 0.6 is 11.8 Å². The predicted octanol–water partition coefficient (Wildman–Crippen LogP) is 2.91. The first-order chi connectivity index (χ1) is 11.1. The third-order valence-electron chi connectivity index (χ3n) is 3.56. The molecule has 0 atom stereocenters. The van der Waals surface area contributed by atoms with Gasteiger partial charge in [-0.3, -0.25) is 14.5 Å². The third-order valence-corrected chi connectivity index (χ3v) is 4.58. The molecular weight excluding hydrogens is 330 g/mol. The van der Waals surface area contributed by atoms with Crippen LogP contribution in [0.5, 0.6) is 0 Å². The number of thioether (sulfide) groups is 1. The zero-order chi connectivity index (χ0) is 18.1. The van der Waals surface area contributed by atoms with E-state index in [2.05, 4.69) is 4.74 Å². The summed E-state index contributed by atoms with van der Waals surface area (Å²) < 4.78 is 10.2. The first kappa shape index (κ1) is 18.3. The summed E-state index contributed by atoms with van der Waals surface area (Å²) in [6, 6.07) is 1.70. The third kappa shape index (κ3) is 3.90. The van der Waals surface area contributed by atoms with Gasteiger partial charge < -0.3 is 9.15 Å². The Bertz CT molecular complexity index is 711. The van der Waals surface area contributed by atoms with Gasteiger partial charge in [-0.15, -0.1) is 0 Å². The molecule has 1 aliphatic rings. The maximum absolute atomic E-state index is 12.2. The van der Waals surface area contributed by atoms with Gasteiger partial charge >= 0.3 is 5.97 Å². The lowest BCUT2D eigenvalue weighted by molar-refractivity contribution is -0.126. The Morgan fingerprint density at radius 1 is 1.42 bits per heavy atom. The number of rotatable bonds is 4. The van der Waals surface area contributed by atoms with E-state index in [1.54, 1.807) is 13.0 Å². The van der Waals surface area contributed by atoms with Crippen LogP contribution in [0.3, 0.4) is 0 Å². The fourth-order valence-electron chi connectivity index (χ4n) is 2.11. The number of ether oxygens (including phenoxy) is 1. The van der Waals surface area contributed by atoms with Gasteiger partial charge in [0.05, 0.1) is 24.4 Å². The lowest BCUT2D eigenvalue weighted by Gasteiger charge is -2.18. The average Bonchev–Trinajstić information content (AvgIpc) is 3.02. The molecule has 1 fully saturated rings. The van der Waals surface area contributed by atoms with E-state index in [1.165, 1.54) is 29.8 Å². The van der Waals surface area contributed by atoms with Gasteiger partial charge in [-0.1, -0.05) is 32.5 Å². The predicted molar refractivity (Wildman–Crippen MR) is 90.3 cm³/mol. The van der Waals surface area contributed by atoms with Crippen molar-refractivity contribution < 1.29 is 23.5 Å². The number of methoxy groups -OCH3 is 1. The van der Waals surface area contributed by atoms with E-state index in [4.69, 9.17) is 4.42 Å². The summed E-state index contributed by atoms with van der Waals surface area (Å²) >= 11 is 1.33. The Balaban J connectivity index is 2.24. The topological polar surface area (TPSA) is 76.8 Å². The van der Waals surface area contributed by atoms with Gasteiger partial charge in [-0.25, -0.2) is 4.79 Å². The van der Waals surface area contributed by atoms with Gasteiger partial charge in [0, 0.05) is 17.1 Å². The number of carbonyl (C=O) groups excluding carboxylic acids is 3. The molecule has 7 heteroatoms. The van der Waals surface area contributed by atoms with E-state index in [9.17, 15) is 14.4 Å². The van der Waals surface area contributed by atoms with Gasteiger partial charge in [-0.05, 0) is 13.0 Å². The number of amides is 1. The van der Waals surface area contributed by atoms with Crippen LogP contribution in [-0.4, -0.2) is 35.4 Å². The summed E-state index contributed by atoms with van der Waals surface area (Å²) in [5.74, 6) is 0.185. The van der Waals surface area contributed by atoms with E-state index in [1.807, 2.05) is 20.8 Å². The van der Waals surface area contributed by atoms with Crippen molar-refractivity contribution in [3.63, 3.8) is 0 Å². The molecule has 1 aromatic rings. The second-order valence-electron chi connectivity index (χ2n) is 6.58. The molecule has 1 aliphatic heterocycles. The molecule has 130 valence electrons. The lowest BCUT2D eigenvalue weighted by Crippen LogP contribution is -2.25. The van der Waals surface area contributed by atoms with Crippen LogP contribution in [0, 0.1) is 12.3 Å². The first-order valence-corrected chi connectivity index (χ1v) is 8.49. The smallest absolute Gasteiger partial charge is 0.374 e. The van der Waals surface area contributed by atoms with Crippen molar-refractivity contribution in [1.82, 2.24) is 4.90 Å². The van der Waals surface area contributed by atoms with Crippen LogP contribution in [0.2, 0.25) is 0 Å². The lowest BCUT2D eigenvalue weighted by atomic mass is 9.91. The van der Waals surface area contributed by atoms with Crippen molar-refractivity contribution in [1.29, 1.82) is 0 Å². The van der Waals surface area contributed by atoms with Crippen molar-refractivity contribution in [3.8, 4) is 0 Å². The summed E-state index contributed by atoms with van der Waals surface area (Å²) in [6.45, 7) is 7.40. The fraction of sp³-hybridized carbons (Fsp3) is 0.471. The van der Waals surface area contributed by atoms with Crippen molar-refractivity contribution in [2.75, 3.05) is 12.9 Å². The number of ketones is 1. The zero-order valence-corrected chi connectivity index (χ0v) is 15.3. The molecule has 0 radical (unpaired) electrons. The van der Waals surface area contributed by atoms with Gasteiger partial charge in [-0.2, -0.15) is 0 Å². The van der Waals surface area contributed by atoms with Gasteiger partial charge in [0.1, 0.15) is 5.76 Å². The summed E-state index contributed by atoms with van der Waals surface area (Å²) in [6.07, 6.45) is 1.51. The minimum atomic E-state index is -0.556. The van der Waals surface area contributed by atoms with Crippen LogP contribution in [-0.2, 0) is 20.9 Å². The molecule has 0 spiro atoms. The van der Waals surface area contributed by atoms with E-state index in [0.29, 0.717) is 16.4 Å². The second-order valence-corrected chi connectivity index (χ2v) is 7.58. The van der Waals surface area contributed by atoms with E-state index < -0.39 is 11.4 Å². The molecule has 0 unspecified atom stereocenters. The molecule has 0 saturated carbocycles. The summed E-state index contributed by atoms with van der Waals surface area (Å²) in [5, 5.41) is 0.605. The highest BCUT2D eigenvalue weighted by atomic mass is 32.2. The number of carbonyl (C=O) groups is 3. The van der Waals surface area contributed by atoms with Crippen LogP contribution in [0.25, 0.3) is 0 Å². The monoisotopic (exact) mass is 351 g/mol. The van der Waals surface area contributed by atoms with Crippen LogP contribution in [0.15, 0.2) is 21.6 Å². The van der Waals surface area contributed by atoms with Crippen molar-refractivity contribution in [2.45, 2.75) is 34.2 Å². The molecule has 24 heavy (non-hydrogen) atoms. The number of aryl methyl sites for hydroxylation is 1. The molecule has 0 aromatic carbocycles. The molecule has 2 heterocycles. The Morgan fingerprint density at radius 2 is 2.08 bits per heavy atom. The van der Waals surface area contributed by atoms with E-state index in [-0.39, 0.29) is 29.7 Å². The number of hydrogen-bond acceptors (Lipinski definition) is 6. The first-order valence-electron chi connectivity index (χ1n) is 7.50. The van der Waals surface area contributed by atoms with Crippen molar-refractivity contribution >= 4 is 29.4 Å². The standard InChI is InChI=1S/C17H21NO5S/c1-10-6-11(23-15(10)16(21)22-5)8-18-13(20)9-24-14(18)7-12(19)17(2,3)4/h6-7H,8-9H2,1-5H3/b14-7-. The van der Waals surface area contributed by atoms with Crippen molar-refractivity contribution in [3.05, 3.63) is 34.3 Å². The van der Waals surface area contributed by atoms with Gasteiger partial charge in [0.15, 0.2) is 5.78 Å². The van der Waals surface area contributed by atoms with E-state index >= 15 is 0 Å². The number of esters is 1. The maximum atomic E-state index is 12.2. The molecule has 1 amide bonds. The zero-order valence-electron chi connectivity index (χ0n) is 14.5. The highest BCUT2D eigenvalue weighted by Crippen LogP contribution is 2.32. The minimum Gasteiger partial charge on any atom is -0.463 e. The average molecular weight is 351 g/mol. The molecule has 0 N–H and O–H groups in total. The Morgan fingerprint density at radius 3 is 2.67 bits per heavy atom. The van der Waals surface area contributed by atoms with Crippen LogP contribution in [0.1, 0.15) is 42.6 Å². The maximum Gasteiger partial charge on any atom is 0.374 e. The molecule has 6 nitrogen and oxygen atoms in total. The quantitative estimate of drug-likeness (QED) is 0.613. The number of allylic oxidation sites excluding steroid dienone is 1.